The van der Waals surface area contributed by atoms with Crippen LogP contribution >= 0.6 is 11.3 Å². The van der Waals surface area contributed by atoms with E-state index in [-0.39, 0.29) is 0 Å². The molecule has 58 heavy (non-hydrogen) atoms. The normalized spacial score (nSPS) is 12.1. The SMILES string of the molecule is c1ccc(-c2nc(-c3ccc(-n4c5cc6sc7cc8ccccc8cc7c6cc5c5ccc6ccccc6c54)cc3)nc3c4ccccc4c4ccccc4c23)cc1. The lowest BCUT2D eigenvalue weighted by Crippen LogP contribution is -1.98. The molecule has 0 amide bonds. The summed E-state index contributed by atoms with van der Waals surface area (Å²) in [5.41, 5.74) is 7.49. The molecule has 0 spiro atoms. The molecular formula is C54H31N3S. The van der Waals surface area contributed by atoms with E-state index >= 15 is 0 Å². The predicted molar refractivity (Wildman–Crippen MR) is 248 cm³/mol. The molecule has 268 valence electrons. The minimum absolute atomic E-state index is 0.713. The maximum atomic E-state index is 5.40. The lowest BCUT2D eigenvalue weighted by Gasteiger charge is -2.15. The summed E-state index contributed by atoms with van der Waals surface area (Å²) in [6.07, 6.45) is 0. The molecule has 0 fully saturated rings. The first-order chi connectivity index (χ1) is 28.7. The quantitative estimate of drug-likeness (QED) is 0.168. The van der Waals surface area contributed by atoms with E-state index in [0.717, 1.165) is 44.2 Å². The number of fused-ring (bicyclic) bond motifs is 15. The van der Waals surface area contributed by atoms with Crippen molar-refractivity contribution in [2.24, 2.45) is 0 Å². The van der Waals surface area contributed by atoms with Crippen molar-refractivity contribution in [2.75, 3.05) is 0 Å². The van der Waals surface area contributed by atoms with Gasteiger partial charge in [-0.15, -0.1) is 11.3 Å². The van der Waals surface area contributed by atoms with Crippen molar-refractivity contribution < 1.29 is 0 Å². The van der Waals surface area contributed by atoms with Crippen molar-refractivity contribution in [1.82, 2.24) is 14.5 Å². The Hall–Kier alpha value is -7.40. The predicted octanol–water partition coefficient (Wildman–Crippen LogP) is 15.0. The van der Waals surface area contributed by atoms with Crippen molar-refractivity contribution in [3.63, 3.8) is 0 Å². The van der Waals surface area contributed by atoms with Gasteiger partial charge in [0.1, 0.15) is 0 Å². The van der Waals surface area contributed by atoms with Crippen LogP contribution in [-0.4, -0.2) is 14.5 Å². The van der Waals surface area contributed by atoms with Crippen molar-refractivity contribution in [3.05, 3.63) is 188 Å². The van der Waals surface area contributed by atoms with E-state index in [9.17, 15) is 0 Å². The van der Waals surface area contributed by atoms with Crippen LogP contribution in [0.4, 0.5) is 0 Å². The number of benzene rings is 10. The zero-order valence-electron chi connectivity index (χ0n) is 31.1. The third-order valence-corrected chi connectivity index (χ3v) is 13.2. The van der Waals surface area contributed by atoms with E-state index in [1.807, 2.05) is 11.3 Å². The standard InChI is InChI=1S/C54H31N3S/c1-2-13-33(14-3-1)51-50-41-20-10-8-18-39(41)40-19-9-11-21-42(40)52(50)56-54(55-51)34-22-25-37(26-23-34)57-47-31-49-46(45-28-35-15-4-5-16-36(35)29-48(45)58-49)30-44(47)43-27-24-32-12-6-7-17-38(32)53(43)57/h1-31H. The second-order valence-electron chi connectivity index (χ2n) is 15.3. The van der Waals surface area contributed by atoms with Gasteiger partial charge >= 0.3 is 0 Å². The first kappa shape index (κ1) is 31.8. The lowest BCUT2D eigenvalue weighted by atomic mass is 9.94. The van der Waals surface area contributed by atoms with Crippen molar-refractivity contribution in [3.8, 4) is 28.3 Å². The molecule has 10 aromatic carbocycles. The molecule has 13 rings (SSSR count). The Kier molecular flexibility index (Phi) is 6.60. The molecule has 0 atom stereocenters. The molecule has 0 aliphatic heterocycles. The van der Waals surface area contributed by atoms with E-state index in [1.54, 1.807) is 0 Å². The summed E-state index contributed by atoms with van der Waals surface area (Å²) >= 11 is 1.88. The molecule has 0 bridgehead atoms. The molecule has 4 heteroatoms. The molecule has 0 N–H and O–H groups in total. The third kappa shape index (κ3) is 4.55. The summed E-state index contributed by atoms with van der Waals surface area (Å²) in [5, 5.41) is 15.9. The largest absolute Gasteiger partial charge is 0.309 e. The number of hydrogen-bond acceptors (Lipinski definition) is 3. The molecule has 13 aromatic rings. The van der Waals surface area contributed by atoms with Gasteiger partial charge in [-0.05, 0) is 80.8 Å². The fourth-order valence-electron chi connectivity index (χ4n) is 9.46. The maximum Gasteiger partial charge on any atom is 0.160 e. The van der Waals surface area contributed by atoms with Gasteiger partial charge in [-0.3, -0.25) is 0 Å². The molecule has 0 unspecified atom stereocenters. The first-order valence-electron chi connectivity index (χ1n) is 19.7. The molecular weight excluding hydrogens is 723 g/mol. The minimum Gasteiger partial charge on any atom is -0.309 e. The second-order valence-corrected chi connectivity index (χ2v) is 16.4. The van der Waals surface area contributed by atoms with Crippen LogP contribution in [-0.2, 0) is 0 Å². The summed E-state index contributed by atoms with van der Waals surface area (Å²) < 4.78 is 5.08. The van der Waals surface area contributed by atoms with Crippen LogP contribution < -0.4 is 0 Å². The molecule has 3 nitrogen and oxygen atoms in total. The Morgan fingerprint density at radius 1 is 0.379 bits per heavy atom. The molecule has 3 heterocycles. The highest BCUT2D eigenvalue weighted by Crippen LogP contribution is 2.44. The lowest BCUT2D eigenvalue weighted by molar-refractivity contribution is 1.18. The highest BCUT2D eigenvalue weighted by molar-refractivity contribution is 7.26. The minimum atomic E-state index is 0.713. The van der Waals surface area contributed by atoms with Gasteiger partial charge in [-0.2, -0.15) is 0 Å². The van der Waals surface area contributed by atoms with E-state index in [4.69, 9.17) is 9.97 Å². The zero-order valence-corrected chi connectivity index (χ0v) is 32.0. The van der Waals surface area contributed by atoms with Crippen molar-refractivity contribution >= 4 is 107 Å². The first-order valence-corrected chi connectivity index (χ1v) is 20.6. The van der Waals surface area contributed by atoms with Crippen LogP contribution in [0.15, 0.2) is 188 Å². The molecule has 0 saturated carbocycles. The molecule has 0 saturated heterocycles. The Balaban J connectivity index is 1.05. The summed E-state index contributed by atoms with van der Waals surface area (Å²) in [6.45, 7) is 0. The van der Waals surface area contributed by atoms with Crippen LogP contribution in [0.2, 0.25) is 0 Å². The van der Waals surface area contributed by atoms with E-state index in [0.29, 0.717) is 5.82 Å². The van der Waals surface area contributed by atoms with Gasteiger partial charge in [0.05, 0.1) is 22.2 Å². The summed E-state index contributed by atoms with van der Waals surface area (Å²) in [4.78, 5) is 10.8. The van der Waals surface area contributed by atoms with Crippen LogP contribution in [0.1, 0.15) is 0 Å². The van der Waals surface area contributed by atoms with Crippen LogP contribution in [0.5, 0.6) is 0 Å². The number of hydrogen-bond donors (Lipinski definition) is 0. The Morgan fingerprint density at radius 3 is 1.79 bits per heavy atom. The Bertz CT molecular complexity index is 3840. The number of nitrogens with zero attached hydrogens (tertiary/aromatic N) is 3. The highest BCUT2D eigenvalue weighted by Gasteiger charge is 2.20. The monoisotopic (exact) mass is 753 g/mol. The molecule has 0 radical (unpaired) electrons. The molecule has 0 aliphatic rings. The number of aromatic nitrogens is 3. The number of thiophene rings is 1. The fraction of sp³-hybridized carbons (Fsp3) is 0. The summed E-state index contributed by atoms with van der Waals surface area (Å²) in [6, 6.07) is 68.3. The average molecular weight is 754 g/mol. The zero-order chi connectivity index (χ0) is 37.9. The van der Waals surface area contributed by atoms with Gasteiger partial charge in [0.25, 0.3) is 0 Å². The summed E-state index contributed by atoms with van der Waals surface area (Å²) in [5.74, 6) is 0.713. The van der Waals surface area contributed by atoms with Crippen molar-refractivity contribution in [2.45, 2.75) is 0 Å². The van der Waals surface area contributed by atoms with Crippen LogP contribution in [0.3, 0.4) is 0 Å². The number of rotatable bonds is 3. The van der Waals surface area contributed by atoms with E-state index < -0.39 is 0 Å². The van der Waals surface area contributed by atoms with Gasteiger partial charge in [0, 0.05) is 63.9 Å². The van der Waals surface area contributed by atoms with Gasteiger partial charge in [0.2, 0.25) is 0 Å². The maximum absolute atomic E-state index is 5.40. The Labute approximate surface area is 336 Å². The van der Waals surface area contributed by atoms with Crippen molar-refractivity contribution in [1.29, 1.82) is 0 Å². The van der Waals surface area contributed by atoms with Gasteiger partial charge in [0.15, 0.2) is 5.82 Å². The molecule has 3 aromatic heterocycles. The Morgan fingerprint density at radius 2 is 1.00 bits per heavy atom. The van der Waals surface area contributed by atoms with Gasteiger partial charge < -0.3 is 4.57 Å². The average Bonchev–Trinajstić information content (AvgIpc) is 3.81. The van der Waals surface area contributed by atoms with E-state index in [1.165, 1.54) is 74.3 Å². The summed E-state index contributed by atoms with van der Waals surface area (Å²) in [7, 11) is 0. The topological polar surface area (TPSA) is 30.7 Å². The van der Waals surface area contributed by atoms with Crippen LogP contribution in [0, 0.1) is 0 Å². The smallest absolute Gasteiger partial charge is 0.160 e. The van der Waals surface area contributed by atoms with Crippen LogP contribution in [0.25, 0.3) is 124 Å². The molecule has 0 aliphatic carbocycles. The second kappa shape index (κ2) is 12.1. The highest BCUT2D eigenvalue weighted by atomic mass is 32.1. The van der Waals surface area contributed by atoms with Gasteiger partial charge in [-0.25, -0.2) is 9.97 Å². The third-order valence-electron chi connectivity index (χ3n) is 12.1. The van der Waals surface area contributed by atoms with Gasteiger partial charge in [-0.1, -0.05) is 140 Å². The fourth-order valence-corrected chi connectivity index (χ4v) is 10.6. The van der Waals surface area contributed by atoms with E-state index in [2.05, 4.69) is 193 Å².